The van der Waals surface area contributed by atoms with E-state index in [1.807, 2.05) is 24.9 Å². The van der Waals surface area contributed by atoms with Crippen LogP contribution in [-0.4, -0.2) is 83.1 Å². The van der Waals surface area contributed by atoms with Crippen LogP contribution in [0.5, 0.6) is 0 Å². The summed E-state index contributed by atoms with van der Waals surface area (Å²) in [5.41, 5.74) is 2.05. The lowest BCUT2D eigenvalue weighted by Crippen LogP contribution is -2.46. The fourth-order valence-corrected chi connectivity index (χ4v) is 5.92. The number of aromatic nitrogens is 5. The maximum absolute atomic E-state index is 5.77. The third-order valence-electron chi connectivity index (χ3n) is 7.52. The van der Waals surface area contributed by atoms with Crippen LogP contribution in [-0.2, 0) is 9.47 Å². The summed E-state index contributed by atoms with van der Waals surface area (Å²) in [4.78, 5) is 10.2. The van der Waals surface area contributed by atoms with Gasteiger partial charge in [0.2, 0.25) is 0 Å². The molecule has 10 nitrogen and oxygen atoms in total. The molecule has 0 amide bonds. The monoisotopic (exact) mass is 452 g/mol. The molecule has 6 rings (SSSR count). The zero-order chi connectivity index (χ0) is 22.5. The van der Waals surface area contributed by atoms with E-state index < -0.39 is 0 Å². The summed E-state index contributed by atoms with van der Waals surface area (Å²) in [6.45, 7) is 4.45. The minimum Gasteiger partial charge on any atom is -0.381 e. The Kier molecular flexibility index (Phi) is 5.14. The molecular weight excluding hydrogens is 420 g/mol. The third kappa shape index (κ3) is 3.34. The van der Waals surface area contributed by atoms with Crippen molar-refractivity contribution in [2.75, 3.05) is 49.0 Å². The highest BCUT2D eigenvalue weighted by molar-refractivity contribution is 6.01. The number of fused-ring (bicyclic) bond motifs is 3. The van der Waals surface area contributed by atoms with Gasteiger partial charge in [0.1, 0.15) is 5.82 Å². The predicted octanol–water partition coefficient (Wildman–Crippen LogP) is 2.56. The Morgan fingerprint density at radius 3 is 2.73 bits per heavy atom. The fraction of sp³-hybridized carbons (Fsp3) is 0.609. The number of pyridine rings is 1. The second-order valence-corrected chi connectivity index (χ2v) is 9.39. The lowest BCUT2D eigenvalue weighted by atomic mass is 9.98. The van der Waals surface area contributed by atoms with Crippen LogP contribution < -0.4 is 15.1 Å². The van der Waals surface area contributed by atoms with Crippen LogP contribution in [0.25, 0.3) is 16.9 Å². The summed E-state index contributed by atoms with van der Waals surface area (Å²) < 4.78 is 13.4. The molecule has 3 fully saturated rings. The van der Waals surface area contributed by atoms with Crippen molar-refractivity contribution in [3.05, 3.63) is 18.3 Å². The number of hydrogen-bond donors (Lipinski definition) is 2. The van der Waals surface area contributed by atoms with E-state index in [1.54, 1.807) is 6.20 Å². The molecule has 2 N–H and O–H groups in total. The van der Waals surface area contributed by atoms with Crippen molar-refractivity contribution >= 4 is 28.4 Å². The molecule has 3 aliphatic rings. The van der Waals surface area contributed by atoms with Gasteiger partial charge in [-0.15, -0.1) is 5.10 Å². The Hall–Kier alpha value is -2.85. The topological polar surface area (TPSA) is 96.4 Å². The van der Waals surface area contributed by atoms with Gasteiger partial charge in [0.25, 0.3) is 0 Å². The number of methoxy groups -OCH3 is 1. The Bertz CT molecular complexity index is 1120. The van der Waals surface area contributed by atoms with Crippen LogP contribution in [0.1, 0.15) is 32.6 Å². The third-order valence-corrected chi connectivity index (χ3v) is 7.52. The minimum atomic E-state index is 0.264. The Balaban J connectivity index is 1.56. The summed E-state index contributed by atoms with van der Waals surface area (Å²) in [5.74, 6) is 2.61. The largest absolute Gasteiger partial charge is 0.381 e. The minimum absolute atomic E-state index is 0.264. The second-order valence-electron chi connectivity index (χ2n) is 9.39. The average molecular weight is 453 g/mol. The van der Waals surface area contributed by atoms with Gasteiger partial charge in [-0.25, -0.2) is 4.98 Å². The van der Waals surface area contributed by atoms with E-state index in [0.717, 1.165) is 47.9 Å². The lowest BCUT2D eigenvalue weighted by Gasteiger charge is -2.41. The van der Waals surface area contributed by atoms with Gasteiger partial charge < -0.3 is 24.6 Å². The molecular formula is C23H32N8O2. The molecule has 3 aromatic heterocycles. The van der Waals surface area contributed by atoms with Crippen LogP contribution in [0.3, 0.4) is 0 Å². The molecule has 0 aliphatic carbocycles. The first-order valence-corrected chi connectivity index (χ1v) is 11.9. The van der Waals surface area contributed by atoms with Crippen LogP contribution in [0.15, 0.2) is 18.3 Å². The van der Waals surface area contributed by atoms with Crippen LogP contribution >= 0.6 is 0 Å². The van der Waals surface area contributed by atoms with Crippen molar-refractivity contribution in [3.8, 4) is 5.82 Å². The first kappa shape index (κ1) is 20.7. The predicted molar refractivity (Wildman–Crippen MR) is 128 cm³/mol. The lowest BCUT2D eigenvalue weighted by molar-refractivity contribution is 0.0684. The number of H-pyrrole nitrogens is 1. The van der Waals surface area contributed by atoms with Gasteiger partial charge in [0.15, 0.2) is 17.3 Å². The molecule has 3 unspecified atom stereocenters. The Morgan fingerprint density at radius 1 is 1.24 bits per heavy atom. The van der Waals surface area contributed by atoms with E-state index in [4.69, 9.17) is 19.6 Å². The Morgan fingerprint density at radius 2 is 2.06 bits per heavy atom. The highest BCUT2D eigenvalue weighted by atomic mass is 16.5. The van der Waals surface area contributed by atoms with E-state index in [-0.39, 0.29) is 6.04 Å². The normalized spacial score (nSPS) is 27.5. The highest BCUT2D eigenvalue weighted by Gasteiger charge is 2.42. The van der Waals surface area contributed by atoms with Crippen molar-refractivity contribution in [3.63, 3.8) is 0 Å². The van der Waals surface area contributed by atoms with E-state index in [1.165, 1.54) is 18.5 Å². The molecule has 6 heterocycles. The van der Waals surface area contributed by atoms with E-state index >= 15 is 0 Å². The number of morpholine rings is 1. The van der Waals surface area contributed by atoms with Crippen molar-refractivity contribution < 1.29 is 9.47 Å². The van der Waals surface area contributed by atoms with Crippen molar-refractivity contribution in [2.45, 2.75) is 56.8 Å². The molecule has 3 aliphatic heterocycles. The number of ether oxygens (including phenoxy) is 2. The van der Waals surface area contributed by atoms with Gasteiger partial charge >= 0.3 is 0 Å². The maximum Gasteiger partial charge on any atom is 0.171 e. The molecule has 0 saturated carbocycles. The Labute approximate surface area is 193 Å². The zero-order valence-corrected chi connectivity index (χ0v) is 19.5. The number of nitrogens with zero attached hydrogens (tertiary/aromatic N) is 6. The van der Waals surface area contributed by atoms with Gasteiger partial charge in [0.05, 0.1) is 42.6 Å². The molecule has 0 spiro atoms. The molecule has 176 valence electrons. The van der Waals surface area contributed by atoms with E-state index in [0.29, 0.717) is 31.4 Å². The van der Waals surface area contributed by atoms with Gasteiger partial charge in [-0.3, -0.25) is 5.10 Å². The number of hydrogen-bond acceptors (Lipinski definition) is 8. The average Bonchev–Trinajstić information content (AvgIpc) is 3.55. The standard InChI is InChI=1S/C23H32N8O2/c1-14-13-33-9-8-29(14)20-12-18(30-15-4-5-16(30)11-17(10-15)32-3)21-22(24-2)28-31(23(21)26-20)19-6-7-25-27-19/h6-7,12,14-17H,4-5,8-11,13H2,1-3H3,(H,24,28)(H,25,27). The summed E-state index contributed by atoms with van der Waals surface area (Å²) in [6.07, 6.45) is 6.59. The van der Waals surface area contributed by atoms with Gasteiger partial charge in [-0.05, 0) is 32.6 Å². The van der Waals surface area contributed by atoms with Crippen molar-refractivity contribution in [2.24, 2.45) is 0 Å². The summed E-state index contributed by atoms with van der Waals surface area (Å²) in [6, 6.07) is 5.40. The van der Waals surface area contributed by atoms with Crippen molar-refractivity contribution in [1.29, 1.82) is 0 Å². The van der Waals surface area contributed by atoms with Gasteiger partial charge in [0, 0.05) is 44.9 Å². The summed E-state index contributed by atoms with van der Waals surface area (Å²) >= 11 is 0. The number of anilines is 3. The van der Waals surface area contributed by atoms with Gasteiger partial charge in [-0.2, -0.15) is 9.78 Å². The second kappa shape index (κ2) is 8.18. The quantitative estimate of drug-likeness (QED) is 0.610. The molecule has 3 aromatic rings. The first-order chi connectivity index (χ1) is 16.2. The molecule has 33 heavy (non-hydrogen) atoms. The van der Waals surface area contributed by atoms with Gasteiger partial charge in [-0.1, -0.05) is 0 Å². The van der Waals surface area contributed by atoms with Crippen LogP contribution in [0.4, 0.5) is 17.3 Å². The molecule has 2 bridgehead atoms. The SMILES string of the molecule is CNc1nn(-c2ccn[nH]2)c2nc(N3CCOCC3C)cc(N3C4CCC3CC(OC)C4)c12. The molecule has 0 aromatic carbocycles. The van der Waals surface area contributed by atoms with E-state index in [2.05, 4.69) is 38.3 Å². The fourth-order valence-electron chi connectivity index (χ4n) is 5.92. The summed E-state index contributed by atoms with van der Waals surface area (Å²) in [5, 5.41) is 16.5. The molecule has 3 atom stereocenters. The highest BCUT2D eigenvalue weighted by Crippen LogP contribution is 2.45. The number of nitrogens with one attached hydrogen (secondary N) is 2. The molecule has 3 saturated heterocycles. The van der Waals surface area contributed by atoms with Crippen LogP contribution in [0, 0.1) is 0 Å². The van der Waals surface area contributed by atoms with Crippen LogP contribution in [0.2, 0.25) is 0 Å². The molecule has 10 heteroatoms. The number of piperidine rings is 1. The zero-order valence-electron chi connectivity index (χ0n) is 19.5. The van der Waals surface area contributed by atoms with Crippen molar-refractivity contribution in [1.82, 2.24) is 25.0 Å². The summed E-state index contributed by atoms with van der Waals surface area (Å²) in [7, 11) is 3.77. The first-order valence-electron chi connectivity index (χ1n) is 11.9. The van der Waals surface area contributed by atoms with E-state index in [9.17, 15) is 0 Å². The smallest absolute Gasteiger partial charge is 0.171 e. The number of aromatic amines is 1. The number of rotatable bonds is 5. The molecule has 0 radical (unpaired) electrons. The maximum atomic E-state index is 5.77.